The van der Waals surface area contributed by atoms with Crippen LogP contribution < -0.4 is 14.2 Å². The molecule has 0 aliphatic carbocycles. The van der Waals surface area contributed by atoms with Gasteiger partial charge in [0, 0.05) is 12.1 Å². The first-order valence-electron chi connectivity index (χ1n) is 7.49. The van der Waals surface area contributed by atoms with Crippen molar-refractivity contribution in [1.82, 2.24) is 4.90 Å². The molecule has 0 radical (unpaired) electrons. The van der Waals surface area contributed by atoms with Crippen LogP contribution in [0.2, 0.25) is 0 Å². The lowest BCUT2D eigenvalue weighted by molar-refractivity contribution is 0.0731. The first kappa shape index (κ1) is 14.5. The molecule has 5 heteroatoms. The van der Waals surface area contributed by atoms with E-state index in [1.807, 2.05) is 12.1 Å². The van der Waals surface area contributed by atoms with Gasteiger partial charge in [0.1, 0.15) is 13.2 Å². The Bertz CT molecular complexity index is 502. The Kier molecular flexibility index (Phi) is 3.95. The van der Waals surface area contributed by atoms with Gasteiger partial charge < -0.3 is 19.3 Å². The molecule has 0 aromatic heterocycles. The lowest BCUT2D eigenvalue weighted by atomic mass is 10.00. The highest BCUT2D eigenvalue weighted by molar-refractivity contribution is 5.54. The van der Waals surface area contributed by atoms with Crippen molar-refractivity contribution in [2.75, 3.05) is 33.5 Å². The zero-order valence-electron chi connectivity index (χ0n) is 12.7. The van der Waals surface area contributed by atoms with E-state index in [9.17, 15) is 5.11 Å². The molecule has 0 amide bonds. The SMILES string of the molecule is COc1cc(CN2CCC[C@]2(C)CO)cc2c1OCCO2. The second-order valence-electron chi connectivity index (χ2n) is 6.00. The fourth-order valence-corrected chi connectivity index (χ4v) is 3.17. The summed E-state index contributed by atoms with van der Waals surface area (Å²) >= 11 is 0. The van der Waals surface area contributed by atoms with Crippen LogP contribution in [0.25, 0.3) is 0 Å². The quantitative estimate of drug-likeness (QED) is 0.917. The lowest BCUT2D eigenvalue weighted by Crippen LogP contribution is -2.43. The summed E-state index contributed by atoms with van der Waals surface area (Å²) in [5.74, 6) is 2.16. The average molecular weight is 293 g/mol. The van der Waals surface area contributed by atoms with Crippen molar-refractivity contribution >= 4 is 0 Å². The second-order valence-corrected chi connectivity index (χ2v) is 6.00. The lowest BCUT2D eigenvalue weighted by Gasteiger charge is -2.34. The highest BCUT2D eigenvalue weighted by Gasteiger charge is 2.36. The molecule has 1 N–H and O–H groups in total. The fourth-order valence-electron chi connectivity index (χ4n) is 3.17. The van der Waals surface area contributed by atoms with E-state index in [1.54, 1.807) is 7.11 Å². The van der Waals surface area contributed by atoms with Gasteiger partial charge in [0.2, 0.25) is 5.75 Å². The summed E-state index contributed by atoms with van der Waals surface area (Å²) in [5.41, 5.74) is 0.998. The highest BCUT2D eigenvalue weighted by atomic mass is 16.6. The van der Waals surface area contributed by atoms with E-state index in [2.05, 4.69) is 11.8 Å². The van der Waals surface area contributed by atoms with Crippen molar-refractivity contribution in [3.63, 3.8) is 0 Å². The highest BCUT2D eigenvalue weighted by Crippen LogP contribution is 2.41. The minimum Gasteiger partial charge on any atom is -0.493 e. The number of hydrogen-bond acceptors (Lipinski definition) is 5. The van der Waals surface area contributed by atoms with Crippen LogP contribution in [0.1, 0.15) is 25.3 Å². The van der Waals surface area contributed by atoms with Crippen LogP contribution in [0, 0.1) is 0 Å². The third-order valence-electron chi connectivity index (χ3n) is 4.51. The Balaban J connectivity index is 1.86. The van der Waals surface area contributed by atoms with Crippen LogP contribution in [-0.2, 0) is 6.54 Å². The minimum absolute atomic E-state index is 0.125. The number of likely N-dealkylation sites (tertiary alicyclic amines) is 1. The maximum absolute atomic E-state index is 9.66. The summed E-state index contributed by atoms with van der Waals surface area (Å²) in [6.07, 6.45) is 2.16. The summed E-state index contributed by atoms with van der Waals surface area (Å²) in [4.78, 5) is 2.33. The van der Waals surface area contributed by atoms with Crippen molar-refractivity contribution in [2.24, 2.45) is 0 Å². The molecule has 1 aromatic rings. The van der Waals surface area contributed by atoms with Gasteiger partial charge in [-0.2, -0.15) is 0 Å². The Morgan fingerprint density at radius 2 is 2.14 bits per heavy atom. The minimum atomic E-state index is -0.125. The molecule has 3 rings (SSSR count). The van der Waals surface area contributed by atoms with Gasteiger partial charge in [0.05, 0.1) is 13.7 Å². The van der Waals surface area contributed by atoms with Crippen molar-refractivity contribution in [2.45, 2.75) is 31.8 Å². The van der Waals surface area contributed by atoms with Gasteiger partial charge >= 0.3 is 0 Å². The third kappa shape index (κ3) is 2.68. The van der Waals surface area contributed by atoms with E-state index in [4.69, 9.17) is 14.2 Å². The molecule has 1 aromatic carbocycles. The normalized spacial score (nSPS) is 25.1. The van der Waals surface area contributed by atoms with E-state index in [1.165, 1.54) is 0 Å². The van der Waals surface area contributed by atoms with Gasteiger partial charge in [-0.3, -0.25) is 4.90 Å². The molecule has 2 heterocycles. The Labute approximate surface area is 125 Å². The number of fused-ring (bicyclic) bond motifs is 1. The number of hydrogen-bond donors (Lipinski definition) is 1. The Morgan fingerprint density at radius 3 is 2.90 bits per heavy atom. The molecule has 0 spiro atoms. The molecule has 1 atom stereocenters. The molecule has 2 aliphatic rings. The van der Waals surface area contributed by atoms with Gasteiger partial charge in [-0.15, -0.1) is 0 Å². The average Bonchev–Trinajstić information content (AvgIpc) is 2.88. The van der Waals surface area contributed by atoms with Crippen LogP contribution in [0.5, 0.6) is 17.2 Å². The van der Waals surface area contributed by atoms with E-state index in [0.717, 1.165) is 37.2 Å². The smallest absolute Gasteiger partial charge is 0.203 e. The first-order chi connectivity index (χ1) is 10.2. The van der Waals surface area contributed by atoms with Crippen LogP contribution in [0.4, 0.5) is 0 Å². The number of ether oxygens (including phenoxy) is 3. The first-order valence-corrected chi connectivity index (χ1v) is 7.49. The molecule has 2 aliphatic heterocycles. The molecule has 5 nitrogen and oxygen atoms in total. The Hall–Kier alpha value is -1.46. The number of aliphatic hydroxyl groups excluding tert-OH is 1. The van der Waals surface area contributed by atoms with Crippen molar-refractivity contribution in [3.8, 4) is 17.2 Å². The molecule has 0 unspecified atom stereocenters. The van der Waals surface area contributed by atoms with E-state index >= 15 is 0 Å². The van der Waals surface area contributed by atoms with Gasteiger partial charge in [-0.05, 0) is 44.0 Å². The van der Waals surface area contributed by atoms with Gasteiger partial charge in [-0.1, -0.05) is 0 Å². The largest absolute Gasteiger partial charge is 0.493 e. The summed E-state index contributed by atoms with van der Waals surface area (Å²) < 4.78 is 16.7. The molecule has 21 heavy (non-hydrogen) atoms. The van der Waals surface area contributed by atoms with Gasteiger partial charge in [-0.25, -0.2) is 0 Å². The maximum atomic E-state index is 9.66. The van der Waals surface area contributed by atoms with E-state index in [0.29, 0.717) is 24.7 Å². The monoisotopic (exact) mass is 293 g/mol. The maximum Gasteiger partial charge on any atom is 0.203 e. The topological polar surface area (TPSA) is 51.2 Å². The predicted molar refractivity (Wildman–Crippen MR) is 79.1 cm³/mol. The van der Waals surface area contributed by atoms with Crippen molar-refractivity contribution in [3.05, 3.63) is 17.7 Å². The zero-order chi connectivity index (χ0) is 14.9. The molecule has 1 saturated heterocycles. The van der Waals surface area contributed by atoms with Gasteiger partial charge in [0.25, 0.3) is 0 Å². The summed E-state index contributed by atoms with van der Waals surface area (Å²) in [6.45, 7) is 5.22. The van der Waals surface area contributed by atoms with Crippen LogP contribution >= 0.6 is 0 Å². The summed E-state index contributed by atoms with van der Waals surface area (Å²) in [6, 6.07) is 4.02. The molecule has 0 saturated carbocycles. The number of benzene rings is 1. The zero-order valence-corrected chi connectivity index (χ0v) is 12.7. The summed E-state index contributed by atoms with van der Waals surface area (Å²) in [7, 11) is 1.64. The number of methoxy groups -OCH3 is 1. The van der Waals surface area contributed by atoms with Gasteiger partial charge in [0.15, 0.2) is 11.5 Å². The number of nitrogens with zero attached hydrogens (tertiary/aromatic N) is 1. The third-order valence-corrected chi connectivity index (χ3v) is 4.51. The second kappa shape index (κ2) is 5.73. The van der Waals surface area contributed by atoms with Crippen molar-refractivity contribution < 1.29 is 19.3 Å². The number of rotatable bonds is 4. The van der Waals surface area contributed by atoms with Crippen molar-refractivity contribution in [1.29, 1.82) is 0 Å². The summed E-state index contributed by atoms with van der Waals surface area (Å²) in [5, 5.41) is 9.66. The van der Waals surface area contributed by atoms with E-state index < -0.39 is 0 Å². The molecule has 0 bridgehead atoms. The van der Waals surface area contributed by atoms with Crippen LogP contribution in [-0.4, -0.2) is 49.0 Å². The number of aliphatic hydroxyl groups is 1. The molecular weight excluding hydrogens is 270 g/mol. The molecule has 116 valence electrons. The molecule has 1 fully saturated rings. The molecular formula is C16H23NO4. The fraction of sp³-hybridized carbons (Fsp3) is 0.625. The van der Waals surface area contributed by atoms with Crippen LogP contribution in [0.3, 0.4) is 0 Å². The van der Waals surface area contributed by atoms with E-state index in [-0.39, 0.29) is 12.1 Å². The standard InChI is InChI=1S/C16H23NO4/c1-16(11-18)4-3-5-17(16)10-12-8-13(19-2)15-14(9-12)20-6-7-21-15/h8-9,18H,3-7,10-11H2,1-2H3/t16-/m1/s1. The predicted octanol–water partition coefficient (Wildman–Crippen LogP) is 1.81. The van der Waals surface area contributed by atoms with Crippen LogP contribution in [0.15, 0.2) is 12.1 Å². The Morgan fingerprint density at radius 1 is 1.33 bits per heavy atom.